The lowest BCUT2D eigenvalue weighted by molar-refractivity contribution is -0.120. The molecule has 5 nitrogen and oxygen atoms in total. The number of anilines is 2. The van der Waals surface area contributed by atoms with Gasteiger partial charge in [-0.1, -0.05) is 41.3 Å². The van der Waals surface area contributed by atoms with E-state index in [9.17, 15) is 4.79 Å². The van der Waals surface area contributed by atoms with Gasteiger partial charge in [0.25, 0.3) is 0 Å². The highest BCUT2D eigenvalue weighted by Gasteiger charge is 2.50. The van der Waals surface area contributed by atoms with Crippen LogP contribution in [-0.2, 0) is 4.79 Å². The molecule has 0 atom stereocenters. The topological polar surface area (TPSA) is 66.9 Å². The van der Waals surface area contributed by atoms with E-state index in [0.717, 1.165) is 39.5 Å². The van der Waals surface area contributed by atoms with Crippen LogP contribution in [0.4, 0.5) is 10.8 Å². The summed E-state index contributed by atoms with van der Waals surface area (Å²) in [6.07, 6.45) is 8.32. The zero-order valence-corrected chi connectivity index (χ0v) is 17.5. The lowest BCUT2D eigenvalue weighted by atomic mass is 9.49. The second-order valence-electron chi connectivity index (χ2n) is 8.85. The summed E-state index contributed by atoms with van der Waals surface area (Å²) >= 11 is 2.95. The van der Waals surface area contributed by atoms with E-state index in [1.807, 2.05) is 30.3 Å². The smallest absolute Gasteiger partial charge is 0.230 e. The van der Waals surface area contributed by atoms with Crippen molar-refractivity contribution >= 4 is 39.8 Å². The van der Waals surface area contributed by atoms with Gasteiger partial charge in [0.2, 0.25) is 11.0 Å². The van der Waals surface area contributed by atoms with Gasteiger partial charge in [0.1, 0.15) is 0 Å². The molecule has 1 aromatic carbocycles. The summed E-state index contributed by atoms with van der Waals surface area (Å²) in [7, 11) is 0. The van der Waals surface area contributed by atoms with E-state index in [1.165, 1.54) is 61.6 Å². The predicted octanol–water partition coefficient (Wildman–Crippen LogP) is 4.71. The molecule has 0 unspecified atom stereocenters. The maximum Gasteiger partial charge on any atom is 0.230 e. The zero-order valence-electron chi connectivity index (χ0n) is 15.9. The maximum absolute atomic E-state index is 12.4. The van der Waals surface area contributed by atoms with Gasteiger partial charge in [0.05, 0.1) is 5.75 Å². The van der Waals surface area contributed by atoms with Crippen LogP contribution >= 0.6 is 23.1 Å². The quantitative estimate of drug-likeness (QED) is 0.643. The highest BCUT2D eigenvalue weighted by molar-refractivity contribution is 8.01. The Kier molecular flexibility index (Phi) is 5.05. The molecule has 4 bridgehead atoms. The van der Waals surface area contributed by atoms with Gasteiger partial charge in [-0.05, 0) is 73.8 Å². The number of nitrogens with zero attached hydrogens (tertiary/aromatic N) is 2. The van der Waals surface area contributed by atoms with Crippen LogP contribution in [0.25, 0.3) is 0 Å². The standard InChI is InChI=1S/C21H26N4OS2/c26-18(22-13-21-9-14-6-15(10-21)8-16(7-14)11-21)12-27-20-25-24-19(28-20)23-17-4-2-1-3-5-17/h1-5,14-16H,6-13H2,(H,22,26)(H,23,24). The molecule has 4 saturated carbocycles. The van der Waals surface area contributed by atoms with Crippen LogP contribution in [0.5, 0.6) is 0 Å². The van der Waals surface area contributed by atoms with E-state index in [1.54, 1.807) is 0 Å². The Morgan fingerprint density at radius 3 is 2.43 bits per heavy atom. The molecule has 28 heavy (non-hydrogen) atoms. The molecule has 148 valence electrons. The summed E-state index contributed by atoms with van der Waals surface area (Å²) < 4.78 is 0.823. The molecule has 0 spiro atoms. The third-order valence-corrected chi connectivity index (χ3v) is 8.56. The number of carbonyl (C=O) groups excluding carboxylic acids is 1. The number of nitrogens with one attached hydrogen (secondary N) is 2. The van der Waals surface area contributed by atoms with Crippen molar-refractivity contribution in [2.75, 3.05) is 17.6 Å². The minimum absolute atomic E-state index is 0.119. The Bertz CT molecular complexity index is 803. The second kappa shape index (κ2) is 7.67. The number of carbonyl (C=O) groups is 1. The van der Waals surface area contributed by atoms with Gasteiger partial charge in [0.15, 0.2) is 4.34 Å². The summed E-state index contributed by atoms with van der Waals surface area (Å²) in [5.41, 5.74) is 1.38. The summed E-state index contributed by atoms with van der Waals surface area (Å²) in [5, 5.41) is 15.6. The highest BCUT2D eigenvalue weighted by atomic mass is 32.2. The van der Waals surface area contributed by atoms with E-state index in [2.05, 4.69) is 20.8 Å². The van der Waals surface area contributed by atoms with Crippen molar-refractivity contribution in [3.63, 3.8) is 0 Å². The van der Waals surface area contributed by atoms with Crippen LogP contribution in [0.1, 0.15) is 38.5 Å². The third-order valence-electron chi connectivity index (χ3n) is 6.58. The van der Waals surface area contributed by atoms with Crippen molar-refractivity contribution in [1.29, 1.82) is 0 Å². The Morgan fingerprint density at radius 2 is 1.75 bits per heavy atom. The lowest BCUT2D eigenvalue weighted by Crippen LogP contribution is -2.51. The van der Waals surface area contributed by atoms with Crippen molar-refractivity contribution in [2.45, 2.75) is 42.9 Å². The first-order chi connectivity index (χ1) is 13.7. The predicted molar refractivity (Wildman–Crippen MR) is 114 cm³/mol. The summed E-state index contributed by atoms with van der Waals surface area (Å²) in [5.74, 6) is 3.30. The molecule has 0 radical (unpaired) electrons. The van der Waals surface area contributed by atoms with Crippen molar-refractivity contribution in [2.24, 2.45) is 23.2 Å². The van der Waals surface area contributed by atoms with E-state index in [4.69, 9.17) is 0 Å². The summed E-state index contributed by atoms with van der Waals surface area (Å²) in [6, 6.07) is 9.92. The first-order valence-electron chi connectivity index (χ1n) is 10.2. The molecule has 1 amide bonds. The number of aromatic nitrogens is 2. The molecule has 4 aliphatic carbocycles. The number of para-hydroxylation sites is 1. The fraction of sp³-hybridized carbons (Fsp3) is 0.571. The summed E-state index contributed by atoms with van der Waals surface area (Å²) in [4.78, 5) is 12.4. The van der Waals surface area contributed by atoms with Gasteiger partial charge in [-0.15, -0.1) is 10.2 Å². The molecule has 4 fully saturated rings. The number of amides is 1. The van der Waals surface area contributed by atoms with E-state index < -0.39 is 0 Å². The van der Waals surface area contributed by atoms with Gasteiger partial charge >= 0.3 is 0 Å². The van der Waals surface area contributed by atoms with Gasteiger partial charge < -0.3 is 10.6 Å². The first-order valence-corrected chi connectivity index (χ1v) is 12.0. The molecule has 2 aromatic rings. The Balaban J connectivity index is 1.09. The Hall–Kier alpha value is -1.60. The molecule has 0 saturated heterocycles. The molecule has 6 rings (SSSR count). The molecule has 7 heteroatoms. The van der Waals surface area contributed by atoms with Gasteiger partial charge in [-0.25, -0.2) is 0 Å². The highest BCUT2D eigenvalue weighted by Crippen LogP contribution is 2.59. The average molecular weight is 415 g/mol. The fourth-order valence-corrected chi connectivity index (χ4v) is 7.54. The number of thioether (sulfide) groups is 1. The zero-order chi connectivity index (χ0) is 19.0. The molecular formula is C21H26N4OS2. The maximum atomic E-state index is 12.4. The van der Waals surface area contributed by atoms with Crippen LogP contribution < -0.4 is 10.6 Å². The lowest BCUT2D eigenvalue weighted by Gasteiger charge is -2.56. The number of hydrogen-bond acceptors (Lipinski definition) is 6. The second-order valence-corrected chi connectivity index (χ2v) is 11.0. The Morgan fingerprint density at radius 1 is 1.07 bits per heavy atom. The number of hydrogen-bond donors (Lipinski definition) is 2. The van der Waals surface area contributed by atoms with Crippen LogP contribution in [0.3, 0.4) is 0 Å². The van der Waals surface area contributed by atoms with Gasteiger partial charge in [0, 0.05) is 12.2 Å². The van der Waals surface area contributed by atoms with Crippen molar-refractivity contribution in [3.05, 3.63) is 30.3 Å². The monoisotopic (exact) mass is 414 g/mol. The molecule has 1 aromatic heterocycles. The molecule has 4 aliphatic rings. The van der Waals surface area contributed by atoms with Crippen LogP contribution in [-0.4, -0.2) is 28.4 Å². The minimum atomic E-state index is 0.119. The fourth-order valence-electron chi connectivity index (χ4n) is 5.93. The number of rotatable bonds is 7. The third kappa shape index (κ3) is 4.06. The largest absolute Gasteiger partial charge is 0.355 e. The van der Waals surface area contributed by atoms with Crippen molar-refractivity contribution < 1.29 is 4.79 Å². The van der Waals surface area contributed by atoms with E-state index in [-0.39, 0.29) is 5.91 Å². The average Bonchev–Trinajstić information content (AvgIpc) is 3.12. The van der Waals surface area contributed by atoms with Crippen LogP contribution in [0.15, 0.2) is 34.7 Å². The SMILES string of the molecule is O=C(CSc1nnc(Nc2ccccc2)s1)NCC12CC3CC(CC(C3)C1)C2. The minimum Gasteiger partial charge on any atom is -0.355 e. The van der Waals surface area contributed by atoms with Gasteiger partial charge in [-0.3, -0.25) is 4.79 Å². The van der Waals surface area contributed by atoms with E-state index in [0.29, 0.717) is 11.2 Å². The molecule has 1 heterocycles. The van der Waals surface area contributed by atoms with Crippen molar-refractivity contribution in [1.82, 2.24) is 15.5 Å². The summed E-state index contributed by atoms with van der Waals surface area (Å²) in [6.45, 7) is 0.868. The van der Waals surface area contributed by atoms with Crippen LogP contribution in [0, 0.1) is 23.2 Å². The number of benzene rings is 1. The van der Waals surface area contributed by atoms with Gasteiger partial charge in [-0.2, -0.15) is 0 Å². The van der Waals surface area contributed by atoms with Crippen molar-refractivity contribution in [3.8, 4) is 0 Å². The molecule has 0 aliphatic heterocycles. The van der Waals surface area contributed by atoms with E-state index >= 15 is 0 Å². The van der Waals surface area contributed by atoms with Crippen LogP contribution in [0.2, 0.25) is 0 Å². The molecular weight excluding hydrogens is 388 g/mol. The normalized spacial score (nSPS) is 30.4. The Labute approximate surface area is 174 Å². The molecule has 2 N–H and O–H groups in total. The first kappa shape index (κ1) is 18.4.